The molecule has 0 fully saturated rings. The quantitative estimate of drug-likeness (QED) is 0.735. The number of halogens is 1. The second-order valence-electron chi connectivity index (χ2n) is 5.02. The van der Waals surface area contributed by atoms with Crippen molar-refractivity contribution in [1.29, 1.82) is 0 Å². The van der Waals surface area contributed by atoms with Gasteiger partial charge in [0.1, 0.15) is 5.75 Å². The molecule has 122 valence electrons. The molecule has 4 nitrogen and oxygen atoms in total. The smallest absolute Gasteiger partial charge is 0.255 e. The molecule has 0 saturated heterocycles. The summed E-state index contributed by atoms with van der Waals surface area (Å²) in [5.74, 6) is 0.247. The van der Waals surface area contributed by atoms with E-state index in [0.29, 0.717) is 22.9 Å². The minimum absolute atomic E-state index is 0.240. The van der Waals surface area contributed by atoms with Gasteiger partial charge in [0.05, 0.1) is 23.2 Å². The van der Waals surface area contributed by atoms with Crippen LogP contribution in [0.2, 0.25) is 5.02 Å². The molecule has 0 radical (unpaired) electrons. The maximum absolute atomic E-state index is 12.5. The molecular formula is C18H15ClN2O2S. The number of hydrogen-bond donors (Lipinski definition) is 1. The summed E-state index contributed by atoms with van der Waals surface area (Å²) in [6.45, 7) is 0.371. The lowest BCUT2D eigenvalue weighted by Crippen LogP contribution is -2.23. The molecule has 0 saturated carbocycles. The Morgan fingerprint density at radius 3 is 2.92 bits per heavy atom. The lowest BCUT2D eigenvalue weighted by molar-refractivity contribution is 0.0948. The van der Waals surface area contributed by atoms with Gasteiger partial charge < -0.3 is 10.1 Å². The van der Waals surface area contributed by atoms with Crippen molar-refractivity contribution in [3.63, 3.8) is 0 Å². The zero-order valence-electron chi connectivity index (χ0n) is 13.0. The Hall–Kier alpha value is -2.37. The van der Waals surface area contributed by atoms with Crippen molar-refractivity contribution in [2.24, 2.45) is 0 Å². The monoisotopic (exact) mass is 358 g/mol. The van der Waals surface area contributed by atoms with Gasteiger partial charge in [-0.15, -0.1) is 11.3 Å². The Kier molecular flexibility index (Phi) is 5.13. The summed E-state index contributed by atoms with van der Waals surface area (Å²) in [6.07, 6.45) is 1.75. The van der Waals surface area contributed by atoms with Gasteiger partial charge in [-0.2, -0.15) is 0 Å². The summed E-state index contributed by atoms with van der Waals surface area (Å²) < 4.78 is 5.23. The SMILES string of the molecule is COc1ccc(Cl)cc1C(=O)NCc1cccnc1-c1cccs1. The van der Waals surface area contributed by atoms with Crippen molar-refractivity contribution >= 4 is 28.8 Å². The Labute approximate surface area is 149 Å². The van der Waals surface area contributed by atoms with E-state index < -0.39 is 0 Å². The summed E-state index contributed by atoms with van der Waals surface area (Å²) in [4.78, 5) is 18.0. The highest BCUT2D eigenvalue weighted by atomic mass is 35.5. The number of methoxy groups -OCH3 is 1. The molecule has 0 bridgehead atoms. The molecule has 3 aromatic rings. The van der Waals surface area contributed by atoms with Crippen LogP contribution in [0.25, 0.3) is 10.6 Å². The number of benzene rings is 1. The van der Waals surface area contributed by atoms with E-state index in [0.717, 1.165) is 16.1 Å². The van der Waals surface area contributed by atoms with E-state index in [1.54, 1.807) is 35.7 Å². The average molecular weight is 359 g/mol. The standard InChI is InChI=1S/C18H15ClN2O2S/c1-23-15-7-6-13(19)10-14(15)18(22)21-11-12-4-2-8-20-17(12)16-5-3-9-24-16/h2-10H,11H2,1H3,(H,21,22). The zero-order chi connectivity index (χ0) is 16.9. The number of aromatic nitrogens is 1. The van der Waals surface area contributed by atoms with E-state index in [1.165, 1.54) is 7.11 Å². The first-order valence-corrected chi connectivity index (χ1v) is 8.54. The van der Waals surface area contributed by atoms with Crippen LogP contribution in [0.3, 0.4) is 0 Å². The number of pyridine rings is 1. The highest BCUT2D eigenvalue weighted by Crippen LogP contribution is 2.26. The molecule has 1 N–H and O–H groups in total. The van der Waals surface area contributed by atoms with Crippen molar-refractivity contribution in [2.75, 3.05) is 7.11 Å². The van der Waals surface area contributed by atoms with E-state index in [1.807, 2.05) is 29.6 Å². The van der Waals surface area contributed by atoms with Crippen molar-refractivity contribution < 1.29 is 9.53 Å². The average Bonchev–Trinajstić information content (AvgIpc) is 3.14. The predicted octanol–water partition coefficient (Wildman–Crippen LogP) is 4.40. The number of hydrogen-bond acceptors (Lipinski definition) is 4. The van der Waals surface area contributed by atoms with E-state index in [2.05, 4.69) is 10.3 Å². The van der Waals surface area contributed by atoms with Crippen molar-refractivity contribution in [2.45, 2.75) is 6.54 Å². The summed E-state index contributed by atoms with van der Waals surface area (Å²) in [6, 6.07) is 12.8. The molecule has 6 heteroatoms. The van der Waals surface area contributed by atoms with Gasteiger partial charge in [-0.3, -0.25) is 9.78 Å². The minimum Gasteiger partial charge on any atom is -0.496 e. The van der Waals surface area contributed by atoms with E-state index >= 15 is 0 Å². The molecule has 2 aromatic heterocycles. The highest BCUT2D eigenvalue weighted by Gasteiger charge is 2.14. The van der Waals surface area contributed by atoms with Crippen LogP contribution in [0.1, 0.15) is 15.9 Å². The number of ether oxygens (including phenoxy) is 1. The van der Waals surface area contributed by atoms with Gasteiger partial charge in [-0.1, -0.05) is 23.7 Å². The van der Waals surface area contributed by atoms with Gasteiger partial charge in [-0.05, 0) is 41.3 Å². The number of thiophene rings is 1. The molecule has 0 unspecified atom stereocenters. The highest BCUT2D eigenvalue weighted by molar-refractivity contribution is 7.13. The van der Waals surface area contributed by atoms with Crippen LogP contribution in [-0.4, -0.2) is 18.0 Å². The normalized spacial score (nSPS) is 10.4. The first-order chi connectivity index (χ1) is 11.7. The second kappa shape index (κ2) is 7.47. The van der Waals surface area contributed by atoms with Crippen molar-refractivity contribution in [3.8, 4) is 16.3 Å². The Bertz CT molecular complexity index is 850. The van der Waals surface area contributed by atoms with Gasteiger partial charge >= 0.3 is 0 Å². The largest absolute Gasteiger partial charge is 0.496 e. The summed E-state index contributed by atoms with van der Waals surface area (Å²) >= 11 is 7.60. The summed E-state index contributed by atoms with van der Waals surface area (Å²) in [5.41, 5.74) is 2.24. The molecule has 0 aliphatic carbocycles. The Balaban J connectivity index is 1.80. The van der Waals surface area contributed by atoms with Crippen molar-refractivity contribution in [1.82, 2.24) is 10.3 Å². The number of carbonyl (C=O) groups excluding carboxylic acids is 1. The number of nitrogens with one attached hydrogen (secondary N) is 1. The van der Waals surface area contributed by atoms with Gasteiger partial charge in [0.2, 0.25) is 0 Å². The lowest BCUT2D eigenvalue weighted by Gasteiger charge is -2.11. The van der Waals surface area contributed by atoms with Crippen LogP contribution in [0.4, 0.5) is 0 Å². The fraction of sp³-hybridized carbons (Fsp3) is 0.111. The molecular weight excluding hydrogens is 344 g/mol. The number of amides is 1. The zero-order valence-corrected chi connectivity index (χ0v) is 14.5. The first-order valence-electron chi connectivity index (χ1n) is 7.28. The molecule has 0 spiro atoms. The summed E-state index contributed by atoms with van der Waals surface area (Å²) in [5, 5.41) is 5.40. The fourth-order valence-corrected chi connectivity index (χ4v) is 3.27. The Morgan fingerprint density at radius 1 is 1.29 bits per heavy atom. The number of carbonyl (C=O) groups is 1. The number of rotatable bonds is 5. The van der Waals surface area contributed by atoms with Gasteiger partial charge in [0.15, 0.2) is 0 Å². The topological polar surface area (TPSA) is 51.2 Å². The van der Waals surface area contributed by atoms with Crippen LogP contribution < -0.4 is 10.1 Å². The van der Waals surface area contributed by atoms with Gasteiger partial charge in [-0.25, -0.2) is 0 Å². The maximum atomic E-state index is 12.5. The molecule has 1 amide bonds. The van der Waals surface area contributed by atoms with Crippen LogP contribution in [0.5, 0.6) is 5.75 Å². The van der Waals surface area contributed by atoms with Crippen molar-refractivity contribution in [3.05, 3.63) is 70.2 Å². The predicted molar refractivity (Wildman–Crippen MR) is 96.7 cm³/mol. The molecule has 24 heavy (non-hydrogen) atoms. The summed E-state index contributed by atoms with van der Waals surface area (Å²) in [7, 11) is 1.52. The van der Waals surface area contributed by atoms with Gasteiger partial charge in [0, 0.05) is 17.8 Å². The Morgan fingerprint density at radius 2 is 2.17 bits per heavy atom. The minimum atomic E-state index is -0.240. The van der Waals surface area contributed by atoms with E-state index in [-0.39, 0.29) is 5.91 Å². The molecule has 3 rings (SSSR count). The van der Waals surface area contributed by atoms with Crippen LogP contribution in [0.15, 0.2) is 54.0 Å². The van der Waals surface area contributed by atoms with Gasteiger partial charge in [0.25, 0.3) is 5.91 Å². The van der Waals surface area contributed by atoms with Crippen LogP contribution in [-0.2, 0) is 6.54 Å². The molecule has 0 aliphatic rings. The third-order valence-electron chi connectivity index (χ3n) is 3.49. The van der Waals surface area contributed by atoms with E-state index in [9.17, 15) is 4.79 Å². The number of nitrogens with zero attached hydrogens (tertiary/aromatic N) is 1. The third kappa shape index (κ3) is 3.58. The third-order valence-corrected chi connectivity index (χ3v) is 4.60. The molecule has 0 aliphatic heterocycles. The fourth-order valence-electron chi connectivity index (χ4n) is 2.34. The molecule has 2 heterocycles. The van der Waals surface area contributed by atoms with Crippen LogP contribution in [0, 0.1) is 0 Å². The lowest BCUT2D eigenvalue weighted by atomic mass is 10.1. The molecule has 0 atom stereocenters. The van der Waals surface area contributed by atoms with Crippen LogP contribution >= 0.6 is 22.9 Å². The van der Waals surface area contributed by atoms with E-state index in [4.69, 9.17) is 16.3 Å². The maximum Gasteiger partial charge on any atom is 0.255 e. The first kappa shape index (κ1) is 16.5. The molecule has 1 aromatic carbocycles. The second-order valence-corrected chi connectivity index (χ2v) is 6.40.